The number of nitrogens with two attached hydrogens (primary N) is 1. The Bertz CT molecular complexity index is 390. The molecule has 0 aliphatic heterocycles. The number of pyridine rings is 1. The van der Waals surface area contributed by atoms with Crippen LogP contribution in [0.5, 0.6) is 5.75 Å². The average Bonchev–Trinajstić information content (AvgIpc) is 2.22. The van der Waals surface area contributed by atoms with Gasteiger partial charge < -0.3 is 20.5 Å². The lowest BCUT2D eigenvalue weighted by Crippen LogP contribution is -2.32. The molecule has 16 heavy (non-hydrogen) atoms. The van der Waals surface area contributed by atoms with Crippen molar-refractivity contribution in [3.05, 3.63) is 23.8 Å². The molecule has 1 atom stereocenters. The zero-order chi connectivity index (χ0) is 12.1. The molecule has 0 spiro atoms. The minimum atomic E-state index is -1.23. The smallest absolute Gasteiger partial charge is 0.536 e. The zero-order valence-electron chi connectivity index (χ0n) is 8.13. The van der Waals surface area contributed by atoms with Crippen LogP contribution in [0, 0.1) is 5.82 Å². The van der Waals surface area contributed by atoms with E-state index in [0.29, 0.717) is 7.69 Å². The second-order valence-electron chi connectivity index (χ2n) is 2.97. The number of carboxylic acid groups (broad SMARTS) is 1. The number of nitrogens with zero attached hydrogens (tertiary/aromatic N) is 1. The number of carbonyl (C=O) groups is 1. The van der Waals surface area contributed by atoms with E-state index in [9.17, 15) is 9.18 Å². The van der Waals surface area contributed by atoms with Crippen LogP contribution in [0.2, 0.25) is 0 Å². The molecule has 1 aromatic rings. The van der Waals surface area contributed by atoms with Gasteiger partial charge in [0.1, 0.15) is 17.6 Å². The number of aliphatic carboxylic acids is 1. The lowest BCUT2D eigenvalue weighted by atomic mass is 10.1. The molecule has 0 unspecified atom stereocenters. The summed E-state index contributed by atoms with van der Waals surface area (Å²) in [5.41, 5.74) is 5.16. The standard InChI is InChI=1S/C8H9BFN2O4/c10-5-1-4(16-9-15)3-12-7(5)2-6(11)8(13)14/h1,3,6,15H,2,11H2,(H,13,14)/t6-/m0/s1. The summed E-state index contributed by atoms with van der Waals surface area (Å²) in [6, 6.07) is -0.234. The van der Waals surface area contributed by atoms with Crippen molar-refractivity contribution in [3.63, 3.8) is 0 Å². The summed E-state index contributed by atoms with van der Waals surface area (Å²) in [7, 11) is 0.388. The highest BCUT2D eigenvalue weighted by molar-refractivity contribution is 6.17. The summed E-state index contributed by atoms with van der Waals surface area (Å²) >= 11 is 0. The summed E-state index contributed by atoms with van der Waals surface area (Å²) in [6.07, 6.45) is 0.935. The van der Waals surface area contributed by atoms with Crippen molar-refractivity contribution in [2.75, 3.05) is 0 Å². The second kappa shape index (κ2) is 5.43. The highest BCUT2D eigenvalue weighted by Gasteiger charge is 2.16. The number of halogens is 1. The van der Waals surface area contributed by atoms with Crippen molar-refractivity contribution < 1.29 is 24.0 Å². The van der Waals surface area contributed by atoms with Gasteiger partial charge in [0.05, 0.1) is 11.9 Å². The first-order valence-corrected chi connectivity index (χ1v) is 4.30. The highest BCUT2D eigenvalue weighted by atomic mass is 19.1. The predicted octanol–water partition coefficient (Wildman–Crippen LogP) is -0.920. The Labute approximate surface area is 91.2 Å². The van der Waals surface area contributed by atoms with Gasteiger partial charge in [-0.1, -0.05) is 0 Å². The Hall–Kier alpha value is -1.67. The minimum Gasteiger partial charge on any atom is -0.536 e. The van der Waals surface area contributed by atoms with Gasteiger partial charge in [-0.3, -0.25) is 9.78 Å². The molecular weight excluding hydrogens is 218 g/mol. The maximum absolute atomic E-state index is 13.3. The number of rotatable bonds is 5. The molecule has 0 aliphatic carbocycles. The van der Waals surface area contributed by atoms with Crippen molar-refractivity contribution in [2.45, 2.75) is 12.5 Å². The molecule has 0 aromatic carbocycles. The first-order chi connectivity index (χ1) is 7.54. The average molecular weight is 227 g/mol. The van der Waals surface area contributed by atoms with Crippen molar-refractivity contribution in [1.29, 1.82) is 0 Å². The van der Waals surface area contributed by atoms with Crippen molar-refractivity contribution in [3.8, 4) is 5.75 Å². The first-order valence-electron chi connectivity index (χ1n) is 4.30. The van der Waals surface area contributed by atoms with Gasteiger partial charge in [0, 0.05) is 12.5 Å². The molecule has 0 fully saturated rings. The van der Waals surface area contributed by atoms with E-state index in [1.807, 2.05) is 0 Å². The molecule has 0 aliphatic rings. The fourth-order valence-corrected chi connectivity index (χ4v) is 1.02. The van der Waals surface area contributed by atoms with Gasteiger partial charge in [0.25, 0.3) is 0 Å². The van der Waals surface area contributed by atoms with Gasteiger partial charge in [0.15, 0.2) is 0 Å². The van der Waals surface area contributed by atoms with Gasteiger partial charge in [-0.15, -0.1) is 0 Å². The summed E-state index contributed by atoms with van der Waals surface area (Å²) in [6.45, 7) is 0. The van der Waals surface area contributed by atoms with Crippen LogP contribution in [-0.4, -0.2) is 34.8 Å². The molecule has 1 aromatic heterocycles. The Balaban J connectivity index is 2.78. The summed E-state index contributed by atoms with van der Waals surface area (Å²) in [5.74, 6) is -1.96. The predicted molar refractivity (Wildman–Crippen MR) is 52.1 cm³/mol. The maximum Gasteiger partial charge on any atom is 0.569 e. The lowest BCUT2D eigenvalue weighted by molar-refractivity contribution is -0.138. The maximum atomic E-state index is 13.3. The monoisotopic (exact) mass is 227 g/mol. The molecule has 0 amide bonds. The molecule has 0 saturated heterocycles. The SMILES string of the molecule is N[C@@H](Cc1ncc(O[B]O)cc1F)C(=O)O. The van der Waals surface area contributed by atoms with Gasteiger partial charge in [-0.25, -0.2) is 4.39 Å². The van der Waals surface area contributed by atoms with Crippen LogP contribution in [0.15, 0.2) is 12.3 Å². The molecule has 8 heteroatoms. The van der Waals surface area contributed by atoms with E-state index in [1.165, 1.54) is 0 Å². The number of carboxylic acids is 1. The zero-order valence-corrected chi connectivity index (χ0v) is 8.13. The Morgan fingerprint density at radius 2 is 2.44 bits per heavy atom. The number of hydrogen-bond acceptors (Lipinski definition) is 5. The van der Waals surface area contributed by atoms with Crippen molar-refractivity contribution in [1.82, 2.24) is 4.98 Å². The van der Waals surface area contributed by atoms with Gasteiger partial charge >= 0.3 is 13.7 Å². The normalized spacial score (nSPS) is 11.9. The Morgan fingerprint density at radius 3 is 2.94 bits per heavy atom. The van der Waals surface area contributed by atoms with E-state index >= 15 is 0 Å². The molecule has 1 heterocycles. The number of aromatic nitrogens is 1. The van der Waals surface area contributed by atoms with E-state index in [4.69, 9.17) is 15.9 Å². The van der Waals surface area contributed by atoms with E-state index in [0.717, 1.165) is 12.3 Å². The quantitative estimate of drug-likeness (QED) is 0.561. The molecule has 85 valence electrons. The molecule has 6 nitrogen and oxygen atoms in total. The van der Waals surface area contributed by atoms with Gasteiger partial charge in [-0.2, -0.15) is 0 Å². The van der Waals surface area contributed by atoms with Crippen molar-refractivity contribution >= 4 is 13.7 Å². The van der Waals surface area contributed by atoms with E-state index in [1.54, 1.807) is 0 Å². The second-order valence-corrected chi connectivity index (χ2v) is 2.97. The van der Waals surface area contributed by atoms with Crippen LogP contribution in [-0.2, 0) is 11.2 Å². The molecule has 0 bridgehead atoms. The highest BCUT2D eigenvalue weighted by Crippen LogP contribution is 2.14. The third-order valence-corrected chi connectivity index (χ3v) is 1.81. The van der Waals surface area contributed by atoms with Gasteiger partial charge in [0.2, 0.25) is 0 Å². The Morgan fingerprint density at radius 1 is 1.75 bits per heavy atom. The summed E-state index contributed by atoms with van der Waals surface area (Å²) in [5, 5.41) is 16.8. The van der Waals surface area contributed by atoms with Crippen molar-refractivity contribution in [2.24, 2.45) is 5.73 Å². The summed E-state index contributed by atoms with van der Waals surface area (Å²) in [4.78, 5) is 14.1. The van der Waals surface area contributed by atoms with Crippen LogP contribution in [0.4, 0.5) is 4.39 Å². The van der Waals surface area contributed by atoms with Gasteiger partial charge in [-0.05, 0) is 0 Å². The van der Waals surface area contributed by atoms with Crippen LogP contribution >= 0.6 is 0 Å². The fraction of sp³-hybridized carbons (Fsp3) is 0.250. The van der Waals surface area contributed by atoms with Crippen LogP contribution in [0.25, 0.3) is 0 Å². The molecular formula is C8H9BFN2O4. The third kappa shape index (κ3) is 3.18. The van der Waals surface area contributed by atoms with E-state index in [2.05, 4.69) is 9.64 Å². The molecule has 0 saturated carbocycles. The summed E-state index contributed by atoms with van der Waals surface area (Å²) < 4.78 is 17.8. The Kier molecular flexibility index (Phi) is 4.21. The molecule has 4 N–H and O–H groups in total. The topological polar surface area (TPSA) is 106 Å². The van der Waals surface area contributed by atoms with E-state index < -0.39 is 17.8 Å². The molecule has 1 radical (unpaired) electrons. The van der Waals surface area contributed by atoms with E-state index in [-0.39, 0.29) is 17.9 Å². The number of hydrogen-bond donors (Lipinski definition) is 3. The third-order valence-electron chi connectivity index (χ3n) is 1.81. The van der Waals surface area contributed by atoms with Crippen LogP contribution < -0.4 is 10.4 Å². The largest absolute Gasteiger partial charge is 0.569 e. The van der Waals surface area contributed by atoms with Crippen LogP contribution in [0.3, 0.4) is 0 Å². The van der Waals surface area contributed by atoms with Crippen LogP contribution in [0.1, 0.15) is 5.69 Å². The lowest BCUT2D eigenvalue weighted by Gasteiger charge is -2.08. The first kappa shape index (κ1) is 12.4. The minimum absolute atomic E-state index is 0.00708. The molecule has 1 rings (SSSR count). The fourth-order valence-electron chi connectivity index (χ4n) is 1.02.